The molecule has 0 unspecified atom stereocenters. The van der Waals surface area contributed by atoms with Gasteiger partial charge in [-0.25, -0.2) is 4.98 Å². The number of para-hydroxylation sites is 1. The molecule has 1 saturated heterocycles. The summed E-state index contributed by atoms with van der Waals surface area (Å²) in [5.74, 6) is 1.65. The topological polar surface area (TPSA) is 67.8 Å². The lowest BCUT2D eigenvalue weighted by atomic mass is 10.0. The van der Waals surface area contributed by atoms with Crippen LogP contribution in [0.15, 0.2) is 73.1 Å². The first kappa shape index (κ1) is 20.6. The summed E-state index contributed by atoms with van der Waals surface area (Å²) < 4.78 is 10.9. The maximum atomic E-state index is 13.6. The van der Waals surface area contributed by atoms with Gasteiger partial charge in [0.25, 0.3) is 5.91 Å². The molecule has 2 aliphatic heterocycles. The predicted octanol–water partition coefficient (Wildman–Crippen LogP) is 3.98. The number of carbonyl (C=O) groups is 1. The first-order valence-corrected chi connectivity index (χ1v) is 11.4. The Bertz CT molecular complexity index is 1350. The van der Waals surface area contributed by atoms with Crippen LogP contribution in [0.1, 0.15) is 15.9 Å². The third-order valence-corrected chi connectivity index (χ3v) is 6.41. The third kappa shape index (κ3) is 3.95. The average molecular weight is 453 g/mol. The Balaban J connectivity index is 1.20. The van der Waals surface area contributed by atoms with Crippen molar-refractivity contribution in [3.05, 3.63) is 84.2 Å². The fourth-order valence-corrected chi connectivity index (χ4v) is 4.59. The molecular weight excluding hydrogens is 428 g/mol. The maximum absolute atomic E-state index is 13.6. The van der Waals surface area contributed by atoms with Gasteiger partial charge < -0.3 is 14.4 Å². The van der Waals surface area contributed by atoms with Gasteiger partial charge in [-0.1, -0.05) is 24.3 Å². The molecule has 0 atom stereocenters. The smallest absolute Gasteiger partial charge is 0.254 e. The van der Waals surface area contributed by atoms with Crippen LogP contribution in [0.5, 0.6) is 11.5 Å². The van der Waals surface area contributed by atoms with Gasteiger partial charge in [0.15, 0.2) is 11.5 Å². The minimum atomic E-state index is 0.0477. The highest BCUT2D eigenvalue weighted by atomic mass is 16.7. The van der Waals surface area contributed by atoms with Crippen LogP contribution in [0.2, 0.25) is 0 Å². The van der Waals surface area contributed by atoms with Crippen molar-refractivity contribution >= 4 is 16.8 Å². The molecule has 1 fully saturated rings. The molecule has 2 aromatic heterocycles. The molecule has 170 valence electrons. The summed E-state index contributed by atoms with van der Waals surface area (Å²) in [6.45, 7) is 4.11. The Morgan fingerprint density at radius 3 is 2.62 bits per heavy atom. The Kier molecular flexibility index (Phi) is 5.31. The quantitative estimate of drug-likeness (QED) is 0.467. The molecule has 1 amide bonds. The van der Waals surface area contributed by atoms with E-state index in [2.05, 4.69) is 16.0 Å². The lowest BCUT2D eigenvalue weighted by Gasteiger charge is -2.35. The zero-order valence-electron chi connectivity index (χ0n) is 18.7. The number of fused-ring (bicyclic) bond motifs is 2. The van der Waals surface area contributed by atoms with Gasteiger partial charge in [0.2, 0.25) is 6.79 Å². The molecule has 4 aromatic rings. The van der Waals surface area contributed by atoms with Gasteiger partial charge in [0.05, 0.1) is 16.8 Å². The van der Waals surface area contributed by atoms with Crippen LogP contribution >= 0.6 is 0 Å². The summed E-state index contributed by atoms with van der Waals surface area (Å²) in [6, 6.07) is 19.7. The molecule has 2 aromatic carbocycles. The summed E-state index contributed by atoms with van der Waals surface area (Å²) in [4.78, 5) is 26.9. The fraction of sp³-hybridized carbons (Fsp3) is 0.222. The summed E-state index contributed by atoms with van der Waals surface area (Å²) in [5, 5.41) is 0.878. The van der Waals surface area contributed by atoms with Crippen molar-refractivity contribution in [2.45, 2.75) is 6.54 Å². The molecule has 0 spiro atoms. The molecule has 0 bridgehead atoms. The van der Waals surface area contributed by atoms with E-state index in [-0.39, 0.29) is 12.7 Å². The van der Waals surface area contributed by atoms with Gasteiger partial charge in [-0.05, 0) is 42.0 Å². The van der Waals surface area contributed by atoms with E-state index in [1.165, 1.54) is 5.56 Å². The van der Waals surface area contributed by atoms with Crippen molar-refractivity contribution in [1.82, 2.24) is 19.8 Å². The molecule has 2 aliphatic rings. The number of piperazine rings is 1. The third-order valence-electron chi connectivity index (χ3n) is 6.41. The number of aromatic nitrogens is 2. The predicted molar refractivity (Wildman–Crippen MR) is 129 cm³/mol. The maximum Gasteiger partial charge on any atom is 0.254 e. The summed E-state index contributed by atoms with van der Waals surface area (Å²) >= 11 is 0. The van der Waals surface area contributed by atoms with Crippen molar-refractivity contribution in [2.24, 2.45) is 0 Å². The second-order valence-electron chi connectivity index (χ2n) is 8.57. The SMILES string of the molecule is O=C(c1cc(-c2cccnc2)nc2ccccc12)N1CCN(Cc2ccc3c(c2)OCO3)CC1. The van der Waals surface area contributed by atoms with Crippen LogP contribution < -0.4 is 9.47 Å². The van der Waals surface area contributed by atoms with Gasteiger partial charge >= 0.3 is 0 Å². The standard InChI is InChI=1S/C27H24N4O3/c32-27(22-15-24(20-4-3-9-28-16-20)29-23-6-2-1-5-21(22)23)31-12-10-30(11-13-31)17-19-7-8-25-26(14-19)34-18-33-25/h1-9,14-16H,10-13,17-18H2. The van der Waals surface area contributed by atoms with E-state index in [4.69, 9.17) is 14.5 Å². The van der Waals surface area contributed by atoms with Gasteiger partial charge in [0.1, 0.15) is 0 Å². The van der Waals surface area contributed by atoms with Crippen LogP contribution in [0, 0.1) is 0 Å². The number of amides is 1. The Morgan fingerprint density at radius 2 is 1.76 bits per heavy atom. The Labute approximate surface area is 197 Å². The van der Waals surface area contributed by atoms with Crippen LogP contribution in [0.25, 0.3) is 22.2 Å². The summed E-state index contributed by atoms with van der Waals surface area (Å²) in [5.41, 5.74) is 4.35. The number of benzene rings is 2. The number of hydrogen-bond donors (Lipinski definition) is 0. The molecule has 0 saturated carbocycles. The second kappa shape index (κ2) is 8.76. The zero-order valence-corrected chi connectivity index (χ0v) is 18.7. The van der Waals surface area contributed by atoms with E-state index < -0.39 is 0 Å². The van der Waals surface area contributed by atoms with Crippen LogP contribution in [0.3, 0.4) is 0 Å². The zero-order chi connectivity index (χ0) is 22.9. The van der Waals surface area contributed by atoms with Gasteiger partial charge in [-0.2, -0.15) is 0 Å². The van der Waals surface area contributed by atoms with Crippen LogP contribution in [-0.2, 0) is 6.54 Å². The van der Waals surface area contributed by atoms with E-state index in [0.29, 0.717) is 18.7 Å². The summed E-state index contributed by atoms with van der Waals surface area (Å²) in [7, 11) is 0. The number of pyridine rings is 2. The molecule has 0 aliphatic carbocycles. The van der Waals surface area contributed by atoms with E-state index in [0.717, 1.165) is 53.3 Å². The monoisotopic (exact) mass is 452 g/mol. The minimum absolute atomic E-state index is 0.0477. The fourth-order valence-electron chi connectivity index (χ4n) is 4.59. The molecule has 4 heterocycles. The van der Waals surface area contributed by atoms with Crippen molar-refractivity contribution in [2.75, 3.05) is 33.0 Å². The molecule has 0 N–H and O–H groups in total. The van der Waals surface area contributed by atoms with Crippen LogP contribution in [0.4, 0.5) is 0 Å². The highest BCUT2D eigenvalue weighted by Crippen LogP contribution is 2.33. The highest BCUT2D eigenvalue weighted by Gasteiger charge is 2.25. The lowest BCUT2D eigenvalue weighted by molar-refractivity contribution is 0.0630. The van der Waals surface area contributed by atoms with Crippen LogP contribution in [-0.4, -0.2) is 58.6 Å². The molecule has 34 heavy (non-hydrogen) atoms. The van der Waals surface area contributed by atoms with Crippen molar-refractivity contribution in [3.8, 4) is 22.8 Å². The molecular formula is C27H24N4O3. The van der Waals surface area contributed by atoms with Gasteiger partial charge in [-0.15, -0.1) is 0 Å². The van der Waals surface area contributed by atoms with E-state index in [1.54, 1.807) is 12.4 Å². The Hall–Kier alpha value is -3.97. The molecule has 7 nitrogen and oxygen atoms in total. The number of hydrogen-bond acceptors (Lipinski definition) is 6. The number of ether oxygens (including phenoxy) is 2. The molecule has 7 heteroatoms. The minimum Gasteiger partial charge on any atom is -0.454 e. The first-order chi connectivity index (χ1) is 16.7. The number of carbonyl (C=O) groups excluding carboxylic acids is 1. The number of rotatable bonds is 4. The van der Waals surface area contributed by atoms with E-state index in [9.17, 15) is 4.79 Å². The highest BCUT2D eigenvalue weighted by molar-refractivity contribution is 6.07. The van der Waals surface area contributed by atoms with Crippen molar-refractivity contribution in [3.63, 3.8) is 0 Å². The number of nitrogens with zero attached hydrogens (tertiary/aromatic N) is 4. The van der Waals surface area contributed by atoms with Crippen molar-refractivity contribution in [1.29, 1.82) is 0 Å². The molecule has 0 radical (unpaired) electrons. The van der Waals surface area contributed by atoms with E-state index >= 15 is 0 Å². The second-order valence-corrected chi connectivity index (χ2v) is 8.57. The average Bonchev–Trinajstić information content (AvgIpc) is 3.37. The lowest BCUT2D eigenvalue weighted by Crippen LogP contribution is -2.48. The normalized spacial score (nSPS) is 15.6. The van der Waals surface area contributed by atoms with Gasteiger partial charge in [0, 0.05) is 56.1 Å². The van der Waals surface area contributed by atoms with E-state index in [1.807, 2.05) is 59.5 Å². The first-order valence-electron chi connectivity index (χ1n) is 11.4. The largest absolute Gasteiger partial charge is 0.454 e. The summed E-state index contributed by atoms with van der Waals surface area (Å²) in [6.07, 6.45) is 3.51. The molecule has 6 rings (SSSR count). The Morgan fingerprint density at radius 1 is 0.912 bits per heavy atom. The van der Waals surface area contributed by atoms with Gasteiger partial charge in [-0.3, -0.25) is 14.7 Å². The van der Waals surface area contributed by atoms with Crippen molar-refractivity contribution < 1.29 is 14.3 Å².